The number of fused-ring (bicyclic) bond motifs is 2. The average molecular weight is 445 g/mol. The number of carbonyl (C=O) groups excluding carboxylic acids is 2. The molecule has 0 heterocycles. The van der Waals surface area contributed by atoms with Crippen LogP contribution in [-0.4, -0.2) is 54.1 Å². The van der Waals surface area contributed by atoms with Crippen LogP contribution >= 0.6 is 0 Å². The van der Waals surface area contributed by atoms with Crippen molar-refractivity contribution in [1.82, 2.24) is 0 Å². The molecular weight excluding hydrogens is 427 g/mol. The monoisotopic (exact) mass is 445 g/mol. The number of nitrogen functional groups attached to an aromatic ring is 1. The first-order chi connectivity index (χ1) is 14.1. The molecule has 7 nitrogen and oxygen atoms in total. The Morgan fingerprint density at radius 1 is 0.871 bits per heavy atom. The number of ketones is 2. The summed E-state index contributed by atoms with van der Waals surface area (Å²) in [6.45, 7) is 3.38. The third-order valence-corrected chi connectivity index (χ3v) is 6.02. The standard InChI is InChI=1S/C22H18N2O5S.Na/c1-11-7-8-15(17(9-11)30(27,28)29)24-16-10-12(2)20(23)19-18(16)21(25)13-5-3-4-6-14(13)22(19)26;/h3-10,24H,23H2,1-2H3,(H,27,28,29);. The summed E-state index contributed by atoms with van der Waals surface area (Å²) in [5.74, 6) is -0.765. The molecule has 4 rings (SSSR count). The quantitative estimate of drug-likeness (QED) is 0.251. The molecule has 9 heteroatoms. The van der Waals surface area contributed by atoms with Crippen LogP contribution in [0.1, 0.15) is 43.0 Å². The van der Waals surface area contributed by atoms with Gasteiger partial charge in [0, 0.05) is 46.4 Å². The average Bonchev–Trinajstić information content (AvgIpc) is 2.69. The van der Waals surface area contributed by atoms with Gasteiger partial charge in [-0.1, -0.05) is 30.3 Å². The number of nitrogens with two attached hydrogens (primary N) is 1. The van der Waals surface area contributed by atoms with Crippen LogP contribution in [-0.2, 0) is 10.1 Å². The minimum absolute atomic E-state index is 0. The van der Waals surface area contributed by atoms with Crippen LogP contribution in [0.4, 0.5) is 17.1 Å². The van der Waals surface area contributed by atoms with Gasteiger partial charge < -0.3 is 11.1 Å². The summed E-state index contributed by atoms with van der Waals surface area (Å²) in [5, 5.41) is 2.92. The summed E-state index contributed by atoms with van der Waals surface area (Å²) < 4.78 is 33.3. The number of carbonyl (C=O) groups is 2. The zero-order valence-corrected chi connectivity index (χ0v) is 20.0. The first-order valence-electron chi connectivity index (χ1n) is 9.06. The number of aryl methyl sites for hydroxylation is 2. The fourth-order valence-electron chi connectivity index (χ4n) is 3.64. The van der Waals surface area contributed by atoms with Crippen molar-refractivity contribution in [2.24, 2.45) is 0 Å². The Labute approximate surface area is 201 Å². The fraction of sp³-hybridized carbons (Fsp3) is 0.0909. The van der Waals surface area contributed by atoms with Crippen LogP contribution in [0, 0.1) is 13.8 Å². The van der Waals surface area contributed by atoms with E-state index >= 15 is 0 Å². The molecule has 3 aromatic rings. The molecule has 0 unspecified atom stereocenters. The Hall–Kier alpha value is -2.49. The molecule has 0 fully saturated rings. The molecule has 0 saturated heterocycles. The van der Waals surface area contributed by atoms with Crippen molar-refractivity contribution in [1.29, 1.82) is 0 Å². The van der Waals surface area contributed by atoms with Gasteiger partial charge in [0.15, 0.2) is 11.6 Å². The van der Waals surface area contributed by atoms with E-state index in [9.17, 15) is 22.6 Å². The second kappa shape index (κ2) is 8.22. The second-order valence-corrected chi connectivity index (χ2v) is 8.60. The molecule has 0 atom stereocenters. The molecule has 1 radical (unpaired) electrons. The molecule has 0 amide bonds. The van der Waals surface area contributed by atoms with Crippen molar-refractivity contribution in [3.63, 3.8) is 0 Å². The molecule has 31 heavy (non-hydrogen) atoms. The van der Waals surface area contributed by atoms with Gasteiger partial charge in [-0.3, -0.25) is 14.1 Å². The molecule has 0 aromatic heterocycles. The molecule has 0 spiro atoms. The van der Waals surface area contributed by atoms with E-state index in [1.165, 1.54) is 12.1 Å². The van der Waals surface area contributed by atoms with E-state index in [0.29, 0.717) is 11.1 Å². The van der Waals surface area contributed by atoms with Gasteiger partial charge in [0.2, 0.25) is 0 Å². The first kappa shape index (κ1) is 23.2. The van der Waals surface area contributed by atoms with Gasteiger partial charge in [-0.05, 0) is 43.2 Å². The minimum Gasteiger partial charge on any atom is -0.398 e. The third-order valence-electron chi connectivity index (χ3n) is 5.13. The van der Waals surface area contributed by atoms with Crippen molar-refractivity contribution in [2.45, 2.75) is 18.7 Å². The van der Waals surface area contributed by atoms with Crippen LogP contribution in [0.25, 0.3) is 0 Å². The Balaban J connectivity index is 0.00000272. The topological polar surface area (TPSA) is 127 Å². The number of hydrogen-bond donors (Lipinski definition) is 3. The normalized spacial score (nSPS) is 12.6. The van der Waals surface area contributed by atoms with Crippen molar-refractivity contribution in [2.75, 3.05) is 11.1 Å². The third kappa shape index (κ3) is 3.93. The number of rotatable bonds is 3. The molecule has 3 aromatic carbocycles. The van der Waals surface area contributed by atoms with Gasteiger partial charge in [-0.2, -0.15) is 8.42 Å². The van der Waals surface area contributed by atoms with Gasteiger partial charge in [-0.15, -0.1) is 0 Å². The number of nitrogens with one attached hydrogen (secondary N) is 1. The summed E-state index contributed by atoms with van der Waals surface area (Å²) >= 11 is 0. The molecule has 1 aliphatic rings. The number of anilines is 3. The van der Waals surface area contributed by atoms with E-state index < -0.39 is 15.9 Å². The second-order valence-electron chi connectivity index (χ2n) is 7.21. The number of hydrogen-bond acceptors (Lipinski definition) is 6. The maximum atomic E-state index is 13.2. The summed E-state index contributed by atoms with van der Waals surface area (Å²) in [6, 6.07) is 12.5. The largest absolute Gasteiger partial charge is 0.398 e. The van der Waals surface area contributed by atoms with E-state index in [1.54, 1.807) is 50.2 Å². The van der Waals surface area contributed by atoms with E-state index in [4.69, 9.17) is 5.73 Å². The summed E-state index contributed by atoms with van der Waals surface area (Å²) in [6.07, 6.45) is 0. The van der Waals surface area contributed by atoms with Crippen molar-refractivity contribution >= 4 is 68.3 Å². The summed E-state index contributed by atoms with van der Waals surface area (Å²) in [7, 11) is -4.53. The van der Waals surface area contributed by atoms with Gasteiger partial charge in [0.25, 0.3) is 10.1 Å². The molecular formula is C22H18N2NaO5S. The minimum atomic E-state index is -4.53. The van der Waals surface area contributed by atoms with E-state index in [2.05, 4.69) is 5.32 Å². The molecule has 0 saturated carbocycles. The molecule has 0 aliphatic heterocycles. The first-order valence-corrected chi connectivity index (χ1v) is 10.5. The van der Waals surface area contributed by atoms with Crippen LogP contribution < -0.4 is 11.1 Å². The Morgan fingerprint density at radius 2 is 1.45 bits per heavy atom. The predicted octanol–water partition coefficient (Wildman–Crippen LogP) is 3.27. The van der Waals surface area contributed by atoms with Crippen molar-refractivity contribution in [3.05, 3.63) is 81.9 Å². The fourth-order valence-corrected chi connectivity index (χ4v) is 4.37. The van der Waals surface area contributed by atoms with E-state index in [1.807, 2.05) is 0 Å². The van der Waals surface area contributed by atoms with Crippen molar-refractivity contribution in [3.8, 4) is 0 Å². The predicted molar refractivity (Wildman–Crippen MR) is 119 cm³/mol. The van der Waals surface area contributed by atoms with Crippen LogP contribution in [0.5, 0.6) is 0 Å². The summed E-state index contributed by atoms with van der Waals surface area (Å²) in [5.41, 5.74) is 8.53. The van der Waals surface area contributed by atoms with Crippen molar-refractivity contribution < 1.29 is 22.6 Å². The van der Waals surface area contributed by atoms with Crippen LogP contribution in [0.3, 0.4) is 0 Å². The van der Waals surface area contributed by atoms with E-state index in [-0.39, 0.29) is 79.6 Å². The maximum Gasteiger partial charge on any atom is 0.296 e. The molecule has 153 valence electrons. The van der Waals surface area contributed by atoms with Crippen LogP contribution in [0.2, 0.25) is 0 Å². The Bertz CT molecular complexity index is 1370. The van der Waals surface area contributed by atoms with Gasteiger partial charge in [0.05, 0.1) is 22.5 Å². The van der Waals surface area contributed by atoms with E-state index in [0.717, 1.165) is 0 Å². The van der Waals surface area contributed by atoms with Gasteiger partial charge in [-0.25, -0.2) is 0 Å². The SMILES string of the molecule is Cc1ccc(Nc2cc(C)c(N)c3c2C(=O)c2ccccc2C3=O)c(S(=O)(=O)O)c1.[Na]. The maximum absolute atomic E-state index is 13.2. The van der Waals surface area contributed by atoms with Gasteiger partial charge >= 0.3 is 0 Å². The molecule has 4 N–H and O–H groups in total. The van der Waals surface area contributed by atoms with Crippen LogP contribution in [0.15, 0.2) is 53.4 Å². The number of benzene rings is 3. The summed E-state index contributed by atoms with van der Waals surface area (Å²) in [4.78, 5) is 26.0. The van der Waals surface area contributed by atoms with Gasteiger partial charge in [0.1, 0.15) is 4.90 Å². The smallest absolute Gasteiger partial charge is 0.296 e. The Kier molecular flexibility index (Phi) is 6.14. The Morgan fingerprint density at radius 3 is 2.03 bits per heavy atom. The molecule has 1 aliphatic carbocycles. The zero-order chi connectivity index (χ0) is 21.8. The molecule has 0 bridgehead atoms. The zero-order valence-electron chi connectivity index (χ0n) is 17.2.